The van der Waals surface area contributed by atoms with E-state index >= 15 is 0 Å². The van der Waals surface area contributed by atoms with Gasteiger partial charge in [-0.1, -0.05) is 12.1 Å². The fourth-order valence-corrected chi connectivity index (χ4v) is 4.39. The average Bonchev–Trinajstić information content (AvgIpc) is 2.84. The monoisotopic (exact) mass is 448 g/mol. The number of primary amides is 1. The van der Waals surface area contributed by atoms with E-state index < -0.39 is 5.91 Å². The molecule has 2 atom stereocenters. The number of carbonyl (C=O) groups is 1. The highest BCUT2D eigenvalue weighted by molar-refractivity contribution is 5.94. The first-order chi connectivity index (χ1) is 16.0. The Morgan fingerprint density at radius 3 is 2.39 bits per heavy atom. The summed E-state index contributed by atoms with van der Waals surface area (Å²) in [6, 6.07) is 11.5. The van der Waals surface area contributed by atoms with Crippen LogP contribution in [0, 0.1) is 0 Å². The molecule has 2 aliphatic heterocycles. The van der Waals surface area contributed by atoms with Crippen LogP contribution in [0.25, 0.3) is 22.3 Å². The molecule has 0 radical (unpaired) electrons. The van der Waals surface area contributed by atoms with Crippen molar-refractivity contribution in [2.75, 3.05) is 49.3 Å². The van der Waals surface area contributed by atoms with E-state index in [2.05, 4.69) is 23.6 Å². The second kappa shape index (κ2) is 8.92. The van der Waals surface area contributed by atoms with Crippen molar-refractivity contribution in [3.63, 3.8) is 0 Å². The van der Waals surface area contributed by atoms with E-state index in [1.54, 1.807) is 12.1 Å². The molecule has 9 nitrogen and oxygen atoms in total. The van der Waals surface area contributed by atoms with E-state index in [0.717, 1.165) is 35.6 Å². The summed E-state index contributed by atoms with van der Waals surface area (Å²) >= 11 is 0. The van der Waals surface area contributed by atoms with Crippen molar-refractivity contribution in [2.45, 2.75) is 25.9 Å². The Bertz CT molecular complexity index is 1190. The molecule has 2 saturated heterocycles. The third-order valence-corrected chi connectivity index (χ3v) is 6.23. The number of nitrogens with zero attached hydrogens (tertiary/aromatic N) is 5. The Morgan fingerprint density at radius 2 is 1.70 bits per heavy atom. The Balaban J connectivity index is 1.65. The molecule has 4 heterocycles. The number of hydrogen-bond donors (Lipinski definition) is 1. The lowest BCUT2D eigenvalue weighted by Crippen LogP contribution is -2.46. The lowest BCUT2D eigenvalue weighted by molar-refractivity contribution is 0.0973. The molecule has 0 aliphatic carbocycles. The standard InChI is InChI=1S/C24H28N6O3/c1-15-13-32-10-8-29(15)23-19-6-7-20(17-4-3-5-18(12-17)21(25)31)26-22(19)27-24(28-23)30-9-11-33-14-16(30)2/h3-7,12,15-16H,8-11,13-14H2,1-2H3,(H2,25,31)/t15-,16-/m1/s1. The summed E-state index contributed by atoms with van der Waals surface area (Å²) in [7, 11) is 0. The molecular formula is C24H28N6O3. The number of hydrogen-bond acceptors (Lipinski definition) is 8. The molecule has 1 amide bonds. The molecule has 5 rings (SSSR count). The predicted octanol–water partition coefficient (Wildman–Crippen LogP) is 2.24. The Labute approximate surface area is 192 Å². The van der Waals surface area contributed by atoms with Gasteiger partial charge in [0.25, 0.3) is 0 Å². The quantitative estimate of drug-likeness (QED) is 0.648. The van der Waals surface area contributed by atoms with Crippen LogP contribution in [0.4, 0.5) is 11.8 Å². The van der Waals surface area contributed by atoms with Crippen molar-refractivity contribution in [3.8, 4) is 11.3 Å². The van der Waals surface area contributed by atoms with Crippen LogP contribution in [0.3, 0.4) is 0 Å². The highest BCUT2D eigenvalue weighted by atomic mass is 16.5. The SMILES string of the molecule is C[C@@H]1COCCN1c1nc(N2CCOC[C@H]2C)c2ccc(-c3cccc(C(N)=O)c3)nc2n1. The van der Waals surface area contributed by atoms with Crippen molar-refractivity contribution in [1.29, 1.82) is 0 Å². The van der Waals surface area contributed by atoms with E-state index in [4.69, 9.17) is 30.2 Å². The van der Waals surface area contributed by atoms with E-state index in [1.165, 1.54) is 0 Å². The summed E-state index contributed by atoms with van der Waals surface area (Å²) in [4.78, 5) is 30.9. The van der Waals surface area contributed by atoms with Gasteiger partial charge in [-0.2, -0.15) is 9.97 Å². The van der Waals surface area contributed by atoms with Crippen molar-refractivity contribution in [2.24, 2.45) is 5.73 Å². The van der Waals surface area contributed by atoms with Gasteiger partial charge in [-0.3, -0.25) is 4.79 Å². The first kappa shape index (κ1) is 21.5. The lowest BCUT2D eigenvalue weighted by Gasteiger charge is -2.37. The number of fused-ring (bicyclic) bond motifs is 1. The van der Waals surface area contributed by atoms with Crippen LogP contribution in [0.2, 0.25) is 0 Å². The summed E-state index contributed by atoms with van der Waals surface area (Å²) in [6.07, 6.45) is 0. The molecule has 2 fully saturated rings. The van der Waals surface area contributed by atoms with Crippen LogP contribution < -0.4 is 15.5 Å². The van der Waals surface area contributed by atoms with Gasteiger partial charge >= 0.3 is 0 Å². The molecule has 0 saturated carbocycles. The predicted molar refractivity (Wildman–Crippen MR) is 127 cm³/mol. The number of nitrogens with two attached hydrogens (primary N) is 1. The molecular weight excluding hydrogens is 420 g/mol. The number of carbonyl (C=O) groups excluding carboxylic acids is 1. The lowest BCUT2D eigenvalue weighted by atomic mass is 10.1. The van der Waals surface area contributed by atoms with E-state index in [-0.39, 0.29) is 12.1 Å². The minimum atomic E-state index is -0.466. The van der Waals surface area contributed by atoms with Crippen LogP contribution in [-0.2, 0) is 9.47 Å². The normalized spacial score (nSPS) is 21.4. The van der Waals surface area contributed by atoms with E-state index in [9.17, 15) is 4.79 Å². The molecule has 2 aromatic heterocycles. The smallest absolute Gasteiger partial charge is 0.248 e. The fraction of sp³-hybridized carbons (Fsp3) is 0.417. The van der Waals surface area contributed by atoms with Gasteiger partial charge in [0.2, 0.25) is 11.9 Å². The Kier molecular flexibility index (Phi) is 5.82. The van der Waals surface area contributed by atoms with Gasteiger partial charge in [-0.25, -0.2) is 4.98 Å². The number of pyridine rings is 1. The molecule has 2 N–H and O–H groups in total. The number of benzene rings is 1. The van der Waals surface area contributed by atoms with Crippen LogP contribution in [0.1, 0.15) is 24.2 Å². The van der Waals surface area contributed by atoms with Gasteiger partial charge in [-0.05, 0) is 38.1 Å². The summed E-state index contributed by atoms with van der Waals surface area (Å²) in [5.41, 5.74) is 8.08. The second-order valence-corrected chi connectivity index (χ2v) is 8.59. The van der Waals surface area contributed by atoms with Crippen LogP contribution >= 0.6 is 0 Å². The van der Waals surface area contributed by atoms with E-state index in [0.29, 0.717) is 43.6 Å². The van der Waals surface area contributed by atoms with Crippen LogP contribution in [0.15, 0.2) is 36.4 Å². The molecule has 172 valence electrons. The van der Waals surface area contributed by atoms with Gasteiger partial charge < -0.3 is 25.0 Å². The van der Waals surface area contributed by atoms with Crippen molar-refractivity contribution in [3.05, 3.63) is 42.0 Å². The zero-order chi connectivity index (χ0) is 22.9. The molecule has 2 aliphatic rings. The van der Waals surface area contributed by atoms with Gasteiger partial charge in [-0.15, -0.1) is 0 Å². The zero-order valence-electron chi connectivity index (χ0n) is 18.9. The minimum absolute atomic E-state index is 0.168. The van der Waals surface area contributed by atoms with Gasteiger partial charge in [0.15, 0.2) is 5.65 Å². The number of rotatable bonds is 4. The summed E-state index contributed by atoms with van der Waals surface area (Å²) < 4.78 is 11.3. The van der Waals surface area contributed by atoms with Crippen molar-refractivity contribution < 1.29 is 14.3 Å². The van der Waals surface area contributed by atoms with Crippen molar-refractivity contribution in [1.82, 2.24) is 15.0 Å². The van der Waals surface area contributed by atoms with Crippen LogP contribution in [-0.4, -0.2) is 72.5 Å². The van der Waals surface area contributed by atoms with E-state index in [1.807, 2.05) is 24.3 Å². The fourth-order valence-electron chi connectivity index (χ4n) is 4.39. The minimum Gasteiger partial charge on any atom is -0.377 e. The summed E-state index contributed by atoms with van der Waals surface area (Å²) in [6.45, 7) is 8.33. The number of aromatic nitrogens is 3. The summed E-state index contributed by atoms with van der Waals surface area (Å²) in [5, 5.41) is 0.892. The molecule has 9 heteroatoms. The molecule has 0 unspecified atom stereocenters. The topological polar surface area (TPSA) is 107 Å². The number of morpholine rings is 2. The number of anilines is 2. The van der Waals surface area contributed by atoms with Gasteiger partial charge in [0.05, 0.1) is 49.6 Å². The van der Waals surface area contributed by atoms with Crippen molar-refractivity contribution >= 4 is 28.7 Å². The first-order valence-corrected chi connectivity index (χ1v) is 11.3. The average molecular weight is 449 g/mol. The first-order valence-electron chi connectivity index (χ1n) is 11.3. The Hall–Kier alpha value is -3.30. The second-order valence-electron chi connectivity index (χ2n) is 8.59. The number of amides is 1. The highest BCUT2D eigenvalue weighted by Crippen LogP contribution is 2.31. The third kappa shape index (κ3) is 4.21. The molecule has 33 heavy (non-hydrogen) atoms. The maximum Gasteiger partial charge on any atom is 0.248 e. The Morgan fingerprint density at radius 1 is 0.970 bits per heavy atom. The maximum atomic E-state index is 11.6. The molecule has 0 bridgehead atoms. The third-order valence-electron chi connectivity index (χ3n) is 6.23. The maximum absolute atomic E-state index is 11.6. The molecule has 0 spiro atoms. The zero-order valence-corrected chi connectivity index (χ0v) is 18.9. The van der Waals surface area contributed by atoms with Gasteiger partial charge in [0, 0.05) is 24.2 Å². The molecule has 3 aromatic rings. The molecule has 1 aromatic carbocycles. The summed E-state index contributed by atoms with van der Waals surface area (Å²) in [5.74, 6) is 1.06. The highest BCUT2D eigenvalue weighted by Gasteiger charge is 2.27. The van der Waals surface area contributed by atoms with Gasteiger partial charge in [0.1, 0.15) is 5.82 Å². The van der Waals surface area contributed by atoms with Crippen LogP contribution in [0.5, 0.6) is 0 Å². The number of ether oxygens (including phenoxy) is 2. The largest absolute Gasteiger partial charge is 0.377 e.